The Kier molecular flexibility index (Phi) is 128. The van der Waals surface area contributed by atoms with Gasteiger partial charge in [-0.3, -0.25) is 0 Å². The summed E-state index contributed by atoms with van der Waals surface area (Å²) in [5.41, 5.74) is 0. The average molecular weight is 483 g/mol. The van der Waals surface area contributed by atoms with Crippen LogP contribution in [0.2, 0.25) is 0 Å². The van der Waals surface area contributed by atoms with Crippen molar-refractivity contribution in [2.45, 2.75) is 0 Å². The number of hydrogen-bond donors (Lipinski definition) is 0. The molecule has 0 fully saturated rings. The van der Waals surface area contributed by atoms with Crippen molar-refractivity contribution in [3.63, 3.8) is 0 Å². The summed E-state index contributed by atoms with van der Waals surface area (Å²) in [5.74, 6) is 0. The largest absolute Gasteiger partial charge is 0.0149 e. The van der Waals surface area contributed by atoms with Crippen LogP contribution in [0.4, 0.5) is 0 Å². The molecule has 0 rings (SSSR count). The molecule has 0 saturated heterocycles. The zero-order chi connectivity index (χ0) is 0. The maximum Gasteiger partial charge on any atom is 0 e. The van der Waals surface area contributed by atoms with Gasteiger partial charge in [0.1, 0.15) is 0 Å². The fraction of sp³-hybridized carbons (Fsp3) is 0. The standard InChI is InChI=1S/Hf.H4Si.Ta.Zr/h;1H4;;. The minimum atomic E-state index is 0. The van der Waals surface area contributed by atoms with Gasteiger partial charge >= 0.3 is 0 Å². The zero-order valence-corrected chi connectivity index (χ0v) is 10.7. The molecule has 0 atom stereocenters. The maximum atomic E-state index is 0. The van der Waals surface area contributed by atoms with Crippen LogP contribution in [0.1, 0.15) is 0 Å². The molecule has 1 radical (unpaired) electrons. The molecule has 0 aromatic heterocycles. The molecule has 0 aromatic carbocycles. The minimum Gasteiger partial charge on any atom is -0.0149 e. The van der Waals surface area contributed by atoms with Gasteiger partial charge in [0.05, 0.1) is 0 Å². The molecule has 0 N–H and O–H groups in total. The Labute approximate surface area is 83.9 Å². The number of rotatable bonds is 0. The Morgan fingerprint density at radius 3 is 1.00 bits per heavy atom. The topological polar surface area (TPSA) is 0 Å². The van der Waals surface area contributed by atoms with E-state index in [0.29, 0.717) is 0 Å². The molecule has 0 nitrogen and oxygen atoms in total. The summed E-state index contributed by atoms with van der Waals surface area (Å²) in [5, 5.41) is 0. The minimum absolute atomic E-state index is 0. The van der Waals surface area contributed by atoms with E-state index in [0.717, 1.165) is 0 Å². The van der Waals surface area contributed by atoms with Crippen LogP contribution in [-0.2, 0) is 74.4 Å². The van der Waals surface area contributed by atoms with E-state index in [1.807, 2.05) is 0 Å². The summed E-state index contributed by atoms with van der Waals surface area (Å²) in [4.78, 5) is 0. The first-order chi connectivity index (χ1) is 0. The predicted octanol–water partition coefficient (Wildman–Crippen LogP) is -1.46. The Bertz CT molecular complexity index is 8.00. The van der Waals surface area contributed by atoms with Crippen molar-refractivity contribution in [3.8, 4) is 0 Å². The summed E-state index contributed by atoms with van der Waals surface area (Å²) >= 11 is 0. The van der Waals surface area contributed by atoms with Crippen molar-refractivity contribution in [1.29, 1.82) is 0 Å². The van der Waals surface area contributed by atoms with Crippen LogP contribution >= 0.6 is 0 Å². The predicted molar refractivity (Wildman–Crippen MR) is 11.3 cm³/mol. The van der Waals surface area contributed by atoms with Gasteiger partial charge < -0.3 is 0 Å². The van der Waals surface area contributed by atoms with Crippen LogP contribution < -0.4 is 0 Å². The Morgan fingerprint density at radius 1 is 1.00 bits per heavy atom. The summed E-state index contributed by atoms with van der Waals surface area (Å²) in [6.45, 7) is 0. The third kappa shape index (κ3) is 8.83. The summed E-state index contributed by atoms with van der Waals surface area (Å²) in [6.07, 6.45) is 0. The van der Waals surface area contributed by atoms with Gasteiger partial charge in [-0.2, -0.15) is 0 Å². The van der Waals surface area contributed by atoms with Gasteiger partial charge in [-0.25, -0.2) is 0 Å². The fourth-order valence-electron chi connectivity index (χ4n) is 0. The van der Waals surface area contributed by atoms with Crippen molar-refractivity contribution >= 4 is 11.0 Å². The van der Waals surface area contributed by atoms with Gasteiger partial charge in [0.25, 0.3) is 0 Å². The molecule has 0 saturated carbocycles. The molecule has 0 heterocycles. The van der Waals surface area contributed by atoms with E-state index >= 15 is 0 Å². The van der Waals surface area contributed by atoms with Gasteiger partial charge in [-0.15, -0.1) is 0 Å². The van der Waals surface area contributed by atoms with Crippen LogP contribution in [0.3, 0.4) is 0 Å². The monoisotopic (exact) mass is 483 g/mol. The first-order valence-electron chi connectivity index (χ1n) is 0. The van der Waals surface area contributed by atoms with Crippen LogP contribution in [0.15, 0.2) is 0 Å². The molecule has 4 heavy (non-hydrogen) atoms. The quantitative estimate of drug-likeness (QED) is 0.371. The molecule has 4 heteroatoms. The molecule has 0 aromatic rings. The van der Waals surface area contributed by atoms with Crippen LogP contribution in [0.5, 0.6) is 0 Å². The van der Waals surface area contributed by atoms with Gasteiger partial charge in [-0.05, 0) is 11.0 Å². The van der Waals surface area contributed by atoms with Gasteiger partial charge in [0.2, 0.25) is 0 Å². The summed E-state index contributed by atoms with van der Waals surface area (Å²) in [7, 11) is 0. The normalized spacial score (nSPS) is 0. The van der Waals surface area contributed by atoms with Crippen LogP contribution in [0, 0.1) is 0 Å². The van der Waals surface area contributed by atoms with E-state index in [4.69, 9.17) is 0 Å². The second-order valence-electron chi connectivity index (χ2n) is 0. The molecule has 0 aliphatic heterocycles. The molecule has 0 aliphatic carbocycles. The molecule has 0 aliphatic rings. The van der Waals surface area contributed by atoms with E-state index in [9.17, 15) is 0 Å². The second-order valence-corrected chi connectivity index (χ2v) is 0. The smallest absolute Gasteiger partial charge is 0 e. The third-order valence-electron chi connectivity index (χ3n) is 0. The van der Waals surface area contributed by atoms with Crippen LogP contribution in [-0.4, -0.2) is 11.0 Å². The Balaban J connectivity index is 0. The van der Waals surface area contributed by atoms with Crippen molar-refractivity contribution in [3.05, 3.63) is 0 Å². The SMILES string of the molecule is [Hf].[SiH4].[Ta].[Zr]. The molecular formula is H4HfSiTaZr. The Hall–Kier alpha value is 2.71. The van der Waals surface area contributed by atoms with Crippen molar-refractivity contribution < 1.29 is 74.4 Å². The fourth-order valence-corrected chi connectivity index (χ4v) is 0. The van der Waals surface area contributed by atoms with Crippen molar-refractivity contribution in [2.24, 2.45) is 0 Å². The van der Waals surface area contributed by atoms with Gasteiger partial charge in [0, 0.05) is 74.4 Å². The average Bonchev–Trinajstić information content (AvgIpc) is 0. The van der Waals surface area contributed by atoms with E-state index < -0.39 is 0 Å². The first kappa shape index (κ1) is 29.8. The zero-order valence-electron chi connectivity index (χ0n) is 1.45. The van der Waals surface area contributed by atoms with E-state index in [1.54, 1.807) is 0 Å². The summed E-state index contributed by atoms with van der Waals surface area (Å²) in [6, 6.07) is 0. The maximum absolute atomic E-state index is 0. The van der Waals surface area contributed by atoms with E-state index in [-0.39, 0.29) is 85.4 Å². The number of hydrogen-bond acceptors (Lipinski definition) is 0. The molecule has 0 bridgehead atoms. The Morgan fingerprint density at radius 2 is 1.00 bits per heavy atom. The van der Waals surface area contributed by atoms with Crippen molar-refractivity contribution in [1.82, 2.24) is 0 Å². The van der Waals surface area contributed by atoms with E-state index in [2.05, 4.69) is 0 Å². The van der Waals surface area contributed by atoms with Crippen molar-refractivity contribution in [2.75, 3.05) is 0 Å². The molecular weight excluding hydrogens is 479 g/mol. The van der Waals surface area contributed by atoms with Gasteiger partial charge in [0.15, 0.2) is 0 Å². The third-order valence-corrected chi connectivity index (χ3v) is 0. The second kappa shape index (κ2) is 17.2. The molecule has 0 amide bonds. The van der Waals surface area contributed by atoms with E-state index in [1.165, 1.54) is 0 Å². The first-order valence-corrected chi connectivity index (χ1v) is 0. The molecule has 0 unspecified atom stereocenters. The summed E-state index contributed by atoms with van der Waals surface area (Å²) < 4.78 is 0. The molecule has 0 spiro atoms. The molecule has 21 valence electrons. The van der Waals surface area contributed by atoms with Gasteiger partial charge in [-0.1, -0.05) is 0 Å². The van der Waals surface area contributed by atoms with Crippen LogP contribution in [0.25, 0.3) is 0 Å².